The molecule has 0 unspecified atom stereocenters. The Morgan fingerprint density at radius 1 is 1.67 bits per heavy atom. The maximum Gasteiger partial charge on any atom is 0.417 e. The fourth-order valence-corrected chi connectivity index (χ4v) is 1.30. The van der Waals surface area contributed by atoms with Crippen LogP contribution in [0.15, 0.2) is 21.4 Å². The number of aromatic nitrogens is 1. The number of rotatable bonds is 4. The standard InChI is InChI=1S/C10H13NO4/c1-3-4-5-6(2)7-8(9(12)13)15-10(14)11-7/h3-4,6H,5H2,1-2H3,(H,11,14)(H,12,13)/t6-/m0/s1. The summed E-state index contributed by atoms with van der Waals surface area (Å²) in [6, 6.07) is 0. The van der Waals surface area contributed by atoms with E-state index >= 15 is 0 Å². The summed E-state index contributed by atoms with van der Waals surface area (Å²) in [6.45, 7) is 3.70. The van der Waals surface area contributed by atoms with Crippen LogP contribution in [0.3, 0.4) is 0 Å². The number of hydrogen-bond acceptors (Lipinski definition) is 3. The van der Waals surface area contributed by atoms with Gasteiger partial charge >= 0.3 is 11.7 Å². The molecule has 1 heterocycles. The second kappa shape index (κ2) is 4.63. The van der Waals surface area contributed by atoms with Crippen LogP contribution in [0.1, 0.15) is 42.4 Å². The highest BCUT2D eigenvalue weighted by atomic mass is 16.4. The van der Waals surface area contributed by atoms with Crippen LogP contribution in [0.25, 0.3) is 0 Å². The highest BCUT2D eigenvalue weighted by Gasteiger charge is 2.20. The zero-order chi connectivity index (χ0) is 11.4. The van der Waals surface area contributed by atoms with E-state index in [4.69, 9.17) is 5.11 Å². The van der Waals surface area contributed by atoms with Gasteiger partial charge in [0.25, 0.3) is 0 Å². The fourth-order valence-electron chi connectivity index (χ4n) is 1.30. The first-order valence-electron chi connectivity index (χ1n) is 4.63. The smallest absolute Gasteiger partial charge is 0.417 e. The van der Waals surface area contributed by atoms with Crippen molar-refractivity contribution in [2.75, 3.05) is 0 Å². The Morgan fingerprint density at radius 3 is 2.87 bits per heavy atom. The number of aromatic carboxylic acids is 1. The van der Waals surface area contributed by atoms with Crippen molar-refractivity contribution in [3.05, 3.63) is 34.2 Å². The molecule has 0 spiro atoms. The van der Waals surface area contributed by atoms with Gasteiger partial charge in [0, 0.05) is 5.92 Å². The summed E-state index contributed by atoms with van der Waals surface area (Å²) >= 11 is 0. The molecular weight excluding hydrogens is 198 g/mol. The zero-order valence-corrected chi connectivity index (χ0v) is 8.61. The molecule has 0 saturated carbocycles. The third kappa shape index (κ3) is 2.59. The zero-order valence-electron chi connectivity index (χ0n) is 8.61. The van der Waals surface area contributed by atoms with E-state index in [2.05, 4.69) is 9.40 Å². The maximum atomic E-state index is 10.9. The van der Waals surface area contributed by atoms with E-state index in [1.807, 2.05) is 26.0 Å². The number of carboxylic acid groups (broad SMARTS) is 1. The molecule has 5 nitrogen and oxygen atoms in total. The molecule has 1 atom stereocenters. The molecule has 0 bridgehead atoms. The van der Waals surface area contributed by atoms with Gasteiger partial charge in [-0.15, -0.1) is 0 Å². The SMILES string of the molecule is CC=CC[C@H](C)c1[nH]c(=O)oc1C(=O)O. The molecule has 0 fully saturated rings. The minimum atomic E-state index is -1.23. The number of aromatic amines is 1. The lowest BCUT2D eigenvalue weighted by molar-refractivity contribution is 0.0658. The van der Waals surface area contributed by atoms with Gasteiger partial charge < -0.3 is 9.52 Å². The average molecular weight is 211 g/mol. The van der Waals surface area contributed by atoms with Crippen LogP contribution < -0.4 is 5.76 Å². The van der Waals surface area contributed by atoms with Gasteiger partial charge in [-0.3, -0.25) is 4.98 Å². The second-order valence-corrected chi connectivity index (χ2v) is 3.27. The number of hydrogen-bond donors (Lipinski definition) is 2. The Labute approximate surface area is 86.4 Å². The number of nitrogens with one attached hydrogen (secondary N) is 1. The van der Waals surface area contributed by atoms with Gasteiger partial charge in [0.05, 0.1) is 5.69 Å². The molecule has 1 aromatic rings. The quantitative estimate of drug-likeness (QED) is 0.743. The Balaban J connectivity index is 3.01. The molecule has 2 N–H and O–H groups in total. The Morgan fingerprint density at radius 2 is 2.33 bits per heavy atom. The fraction of sp³-hybridized carbons (Fsp3) is 0.400. The van der Waals surface area contributed by atoms with Gasteiger partial charge in [-0.2, -0.15) is 0 Å². The normalized spacial score (nSPS) is 13.2. The van der Waals surface area contributed by atoms with Crippen molar-refractivity contribution in [3.63, 3.8) is 0 Å². The number of H-pyrrole nitrogens is 1. The van der Waals surface area contributed by atoms with Crippen LogP contribution in [0.4, 0.5) is 0 Å². The molecule has 1 aromatic heterocycles. The molecule has 0 radical (unpaired) electrons. The third-order valence-electron chi connectivity index (χ3n) is 2.09. The van der Waals surface area contributed by atoms with Crippen molar-refractivity contribution in [3.8, 4) is 0 Å². The van der Waals surface area contributed by atoms with Gasteiger partial charge in [0.15, 0.2) is 0 Å². The van der Waals surface area contributed by atoms with Crippen LogP contribution in [0.5, 0.6) is 0 Å². The van der Waals surface area contributed by atoms with E-state index < -0.39 is 11.7 Å². The van der Waals surface area contributed by atoms with Crippen LogP contribution in [0.2, 0.25) is 0 Å². The van der Waals surface area contributed by atoms with Crippen molar-refractivity contribution < 1.29 is 14.3 Å². The molecule has 0 saturated heterocycles. The van der Waals surface area contributed by atoms with E-state index in [-0.39, 0.29) is 11.7 Å². The highest BCUT2D eigenvalue weighted by Crippen LogP contribution is 2.20. The first-order chi connectivity index (χ1) is 7.06. The number of carboxylic acids is 1. The largest absolute Gasteiger partial charge is 0.475 e. The third-order valence-corrected chi connectivity index (χ3v) is 2.09. The first-order valence-corrected chi connectivity index (χ1v) is 4.63. The average Bonchev–Trinajstić information content (AvgIpc) is 2.57. The minimum absolute atomic E-state index is 0.0845. The van der Waals surface area contributed by atoms with Crippen molar-refractivity contribution in [2.45, 2.75) is 26.2 Å². The molecule has 15 heavy (non-hydrogen) atoms. The molecule has 0 aromatic carbocycles. The minimum Gasteiger partial charge on any atom is -0.475 e. The number of allylic oxidation sites excluding steroid dienone is 2. The lowest BCUT2D eigenvalue weighted by Crippen LogP contribution is -2.03. The van der Waals surface area contributed by atoms with E-state index in [0.717, 1.165) is 0 Å². The van der Waals surface area contributed by atoms with E-state index in [1.54, 1.807) is 0 Å². The maximum absolute atomic E-state index is 10.9. The first kappa shape index (κ1) is 11.3. The summed E-state index contributed by atoms with van der Waals surface area (Å²) in [4.78, 5) is 24.0. The topological polar surface area (TPSA) is 83.3 Å². The lowest BCUT2D eigenvalue weighted by atomic mass is 10.0. The summed E-state index contributed by atoms with van der Waals surface area (Å²) in [6.07, 6.45) is 4.43. The summed E-state index contributed by atoms with van der Waals surface area (Å²) < 4.78 is 4.54. The summed E-state index contributed by atoms with van der Waals surface area (Å²) in [5, 5.41) is 8.78. The van der Waals surface area contributed by atoms with Crippen molar-refractivity contribution >= 4 is 5.97 Å². The van der Waals surface area contributed by atoms with Crippen molar-refractivity contribution in [2.24, 2.45) is 0 Å². The van der Waals surface area contributed by atoms with Crippen LogP contribution in [-0.2, 0) is 0 Å². The molecule has 0 aliphatic carbocycles. The molecule has 1 rings (SSSR count). The Hall–Kier alpha value is -1.78. The molecule has 0 aliphatic heterocycles. The lowest BCUT2D eigenvalue weighted by Gasteiger charge is -2.05. The van der Waals surface area contributed by atoms with E-state index in [9.17, 15) is 9.59 Å². The monoisotopic (exact) mass is 211 g/mol. The van der Waals surface area contributed by atoms with Crippen molar-refractivity contribution in [1.29, 1.82) is 0 Å². The highest BCUT2D eigenvalue weighted by molar-refractivity contribution is 5.85. The molecule has 0 aliphatic rings. The predicted octanol–water partition coefficient (Wildman–Crippen LogP) is 1.74. The Kier molecular flexibility index (Phi) is 3.49. The second-order valence-electron chi connectivity index (χ2n) is 3.27. The van der Waals surface area contributed by atoms with Gasteiger partial charge in [0.2, 0.25) is 5.76 Å². The molecule has 5 heteroatoms. The van der Waals surface area contributed by atoms with E-state index in [1.165, 1.54) is 0 Å². The molecule has 0 amide bonds. The summed E-state index contributed by atoms with van der Waals surface area (Å²) in [7, 11) is 0. The van der Waals surface area contributed by atoms with Crippen LogP contribution >= 0.6 is 0 Å². The molecular formula is C10H13NO4. The molecule has 82 valence electrons. The van der Waals surface area contributed by atoms with E-state index in [0.29, 0.717) is 12.1 Å². The summed E-state index contributed by atoms with van der Waals surface area (Å²) in [5.74, 6) is -2.33. The number of carbonyl (C=O) groups is 1. The predicted molar refractivity (Wildman–Crippen MR) is 54.1 cm³/mol. The number of oxazole rings is 1. The van der Waals surface area contributed by atoms with Crippen LogP contribution in [-0.4, -0.2) is 16.1 Å². The van der Waals surface area contributed by atoms with Crippen molar-refractivity contribution in [1.82, 2.24) is 4.98 Å². The van der Waals surface area contributed by atoms with Crippen LogP contribution in [0, 0.1) is 0 Å². The van der Waals surface area contributed by atoms with Gasteiger partial charge in [-0.25, -0.2) is 9.59 Å². The van der Waals surface area contributed by atoms with Gasteiger partial charge in [-0.1, -0.05) is 19.1 Å². The Bertz CT molecular complexity index is 427. The van der Waals surface area contributed by atoms with Gasteiger partial charge in [-0.05, 0) is 13.3 Å². The van der Waals surface area contributed by atoms with Gasteiger partial charge in [0.1, 0.15) is 0 Å². The summed E-state index contributed by atoms with van der Waals surface area (Å²) in [5.41, 5.74) is 0.339.